The Morgan fingerprint density at radius 3 is 2.82 bits per heavy atom. The van der Waals surface area contributed by atoms with Crippen molar-refractivity contribution in [3.63, 3.8) is 0 Å². The zero-order chi connectivity index (χ0) is 12.4. The van der Waals surface area contributed by atoms with Gasteiger partial charge in [-0.3, -0.25) is 4.68 Å². The first kappa shape index (κ1) is 12.9. The summed E-state index contributed by atoms with van der Waals surface area (Å²) in [5.41, 5.74) is 6.96. The van der Waals surface area contributed by atoms with Crippen LogP contribution >= 0.6 is 11.6 Å². The molecule has 96 valence electrons. The van der Waals surface area contributed by atoms with Crippen molar-refractivity contribution in [2.24, 2.45) is 11.7 Å². The molecule has 0 bridgehead atoms. The molecular formula is C12H21ClN4. The van der Waals surface area contributed by atoms with Crippen LogP contribution < -0.4 is 5.73 Å². The van der Waals surface area contributed by atoms with E-state index in [9.17, 15) is 0 Å². The molecule has 0 amide bonds. The number of hydrogen-bond acceptors (Lipinski definition) is 3. The fraction of sp³-hybridized carbons (Fsp3) is 0.750. The van der Waals surface area contributed by atoms with Gasteiger partial charge in [-0.2, -0.15) is 5.10 Å². The second-order valence-corrected chi connectivity index (χ2v) is 5.49. The number of hydrogen-bond donors (Lipinski definition) is 1. The van der Waals surface area contributed by atoms with E-state index in [1.807, 2.05) is 0 Å². The lowest BCUT2D eigenvalue weighted by Gasteiger charge is -2.36. The zero-order valence-electron chi connectivity index (χ0n) is 10.6. The molecule has 2 rings (SSSR count). The molecule has 1 aliphatic rings. The van der Waals surface area contributed by atoms with Crippen LogP contribution in [-0.4, -0.2) is 41.9 Å². The van der Waals surface area contributed by atoms with E-state index in [1.54, 1.807) is 6.20 Å². The van der Waals surface area contributed by atoms with Gasteiger partial charge in [0, 0.05) is 12.5 Å². The number of aromatic nitrogens is 2. The van der Waals surface area contributed by atoms with E-state index < -0.39 is 0 Å². The van der Waals surface area contributed by atoms with Crippen molar-refractivity contribution in [1.82, 2.24) is 14.7 Å². The van der Waals surface area contributed by atoms with E-state index in [0.29, 0.717) is 11.8 Å². The van der Waals surface area contributed by atoms with Crippen LogP contribution in [0.2, 0.25) is 5.02 Å². The standard InChI is InChI=1S/C12H21ClN4/c1-16(2)5-6-17-12(11(13)8-15-17)10-4-3-9(10)7-14/h8-10H,3-7,14H2,1-2H3. The minimum Gasteiger partial charge on any atom is -0.330 e. The van der Waals surface area contributed by atoms with E-state index in [-0.39, 0.29) is 0 Å². The fourth-order valence-electron chi connectivity index (χ4n) is 2.42. The Labute approximate surface area is 108 Å². The summed E-state index contributed by atoms with van der Waals surface area (Å²) >= 11 is 6.25. The number of nitrogens with zero attached hydrogens (tertiary/aromatic N) is 3. The number of rotatable bonds is 5. The van der Waals surface area contributed by atoms with Gasteiger partial charge >= 0.3 is 0 Å². The van der Waals surface area contributed by atoms with E-state index >= 15 is 0 Å². The minimum atomic E-state index is 0.511. The highest BCUT2D eigenvalue weighted by Gasteiger charge is 2.34. The Bertz CT molecular complexity index is 373. The third-order valence-electron chi connectivity index (χ3n) is 3.66. The molecule has 2 atom stereocenters. The summed E-state index contributed by atoms with van der Waals surface area (Å²) in [6.45, 7) is 2.62. The first-order chi connectivity index (χ1) is 8.13. The molecule has 0 spiro atoms. The first-order valence-corrected chi connectivity index (χ1v) is 6.57. The summed E-state index contributed by atoms with van der Waals surface area (Å²) in [6, 6.07) is 0. The van der Waals surface area contributed by atoms with Crippen molar-refractivity contribution in [2.45, 2.75) is 25.3 Å². The van der Waals surface area contributed by atoms with Gasteiger partial charge in [0.2, 0.25) is 0 Å². The topological polar surface area (TPSA) is 47.1 Å². The normalized spacial score (nSPS) is 24.1. The summed E-state index contributed by atoms with van der Waals surface area (Å²) < 4.78 is 2.05. The highest BCUT2D eigenvalue weighted by Crippen LogP contribution is 2.44. The molecule has 1 fully saturated rings. The Kier molecular flexibility index (Phi) is 4.07. The Morgan fingerprint density at radius 1 is 1.53 bits per heavy atom. The average Bonchev–Trinajstić information content (AvgIpc) is 2.58. The molecule has 5 heteroatoms. The highest BCUT2D eigenvalue weighted by atomic mass is 35.5. The van der Waals surface area contributed by atoms with Crippen molar-refractivity contribution in [3.05, 3.63) is 16.9 Å². The van der Waals surface area contributed by atoms with Gasteiger partial charge < -0.3 is 10.6 Å². The van der Waals surface area contributed by atoms with Gasteiger partial charge in [-0.1, -0.05) is 11.6 Å². The lowest BCUT2D eigenvalue weighted by atomic mass is 9.72. The molecule has 1 saturated carbocycles. The van der Waals surface area contributed by atoms with Crippen molar-refractivity contribution < 1.29 is 0 Å². The number of nitrogens with two attached hydrogens (primary N) is 1. The molecule has 1 aromatic heterocycles. The Balaban J connectivity index is 2.12. The predicted octanol–water partition coefficient (Wildman–Crippen LogP) is 1.55. The number of likely N-dealkylation sites (N-methyl/N-ethyl adjacent to an activating group) is 1. The lowest BCUT2D eigenvalue weighted by molar-refractivity contribution is 0.246. The molecular weight excluding hydrogens is 236 g/mol. The van der Waals surface area contributed by atoms with Gasteiger partial charge in [0.1, 0.15) is 0 Å². The van der Waals surface area contributed by atoms with Gasteiger partial charge in [0.05, 0.1) is 23.5 Å². The molecule has 1 heterocycles. The van der Waals surface area contributed by atoms with Crippen LogP contribution in [-0.2, 0) is 6.54 Å². The molecule has 0 aliphatic heterocycles. The molecule has 0 saturated heterocycles. The fourth-order valence-corrected chi connectivity index (χ4v) is 2.71. The van der Waals surface area contributed by atoms with E-state index in [0.717, 1.165) is 24.7 Å². The molecule has 1 aliphatic carbocycles. The molecule has 0 radical (unpaired) electrons. The average molecular weight is 257 g/mol. The van der Waals surface area contributed by atoms with Crippen LogP contribution in [0.1, 0.15) is 24.5 Å². The SMILES string of the molecule is CN(C)CCn1ncc(Cl)c1C1CCC1CN. The van der Waals surface area contributed by atoms with Crippen LogP contribution in [0.5, 0.6) is 0 Å². The maximum Gasteiger partial charge on any atom is 0.0820 e. The van der Waals surface area contributed by atoms with Gasteiger partial charge in [-0.15, -0.1) is 0 Å². The maximum atomic E-state index is 6.25. The summed E-state index contributed by atoms with van der Waals surface area (Å²) in [4.78, 5) is 2.15. The van der Waals surface area contributed by atoms with Crippen LogP contribution in [0.3, 0.4) is 0 Å². The Morgan fingerprint density at radius 2 is 2.29 bits per heavy atom. The van der Waals surface area contributed by atoms with Crippen molar-refractivity contribution in [1.29, 1.82) is 0 Å². The van der Waals surface area contributed by atoms with E-state index in [2.05, 4.69) is 28.8 Å². The van der Waals surface area contributed by atoms with E-state index in [4.69, 9.17) is 17.3 Å². The molecule has 0 aromatic carbocycles. The van der Waals surface area contributed by atoms with Crippen molar-refractivity contribution in [3.8, 4) is 0 Å². The van der Waals surface area contributed by atoms with Crippen LogP contribution in [0, 0.1) is 5.92 Å². The van der Waals surface area contributed by atoms with Crippen LogP contribution in [0.4, 0.5) is 0 Å². The molecule has 4 nitrogen and oxygen atoms in total. The first-order valence-electron chi connectivity index (χ1n) is 6.19. The molecule has 2 unspecified atom stereocenters. The minimum absolute atomic E-state index is 0.511. The maximum absolute atomic E-state index is 6.25. The Hall–Kier alpha value is -0.580. The third-order valence-corrected chi connectivity index (χ3v) is 3.95. The summed E-state index contributed by atoms with van der Waals surface area (Å²) in [5.74, 6) is 1.10. The quantitative estimate of drug-likeness (QED) is 0.870. The molecule has 2 N–H and O–H groups in total. The number of halogens is 1. The van der Waals surface area contributed by atoms with Crippen LogP contribution in [0.15, 0.2) is 6.20 Å². The molecule has 1 aromatic rings. The second kappa shape index (κ2) is 5.38. The molecule has 17 heavy (non-hydrogen) atoms. The largest absolute Gasteiger partial charge is 0.330 e. The highest BCUT2D eigenvalue weighted by molar-refractivity contribution is 6.31. The summed E-state index contributed by atoms with van der Waals surface area (Å²) in [5, 5.41) is 5.17. The third kappa shape index (κ3) is 2.64. The summed E-state index contributed by atoms with van der Waals surface area (Å²) in [6.07, 6.45) is 4.17. The van der Waals surface area contributed by atoms with Crippen molar-refractivity contribution >= 4 is 11.6 Å². The van der Waals surface area contributed by atoms with Crippen molar-refractivity contribution in [2.75, 3.05) is 27.2 Å². The summed E-state index contributed by atoms with van der Waals surface area (Å²) in [7, 11) is 4.13. The van der Waals surface area contributed by atoms with Gasteiger partial charge in [0.25, 0.3) is 0 Å². The monoisotopic (exact) mass is 256 g/mol. The van der Waals surface area contributed by atoms with Crippen LogP contribution in [0.25, 0.3) is 0 Å². The lowest BCUT2D eigenvalue weighted by Crippen LogP contribution is -2.33. The van der Waals surface area contributed by atoms with Gasteiger partial charge in [0.15, 0.2) is 0 Å². The second-order valence-electron chi connectivity index (χ2n) is 5.08. The van der Waals surface area contributed by atoms with E-state index in [1.165, 1.54) is 18.5 Å². The van der Waals surface area contributed by atoms with Gasteiger partial charge in [-0.25, -0.2) is 0 Å². The smallest absolute Gasteiger partial charge is 0.0820 e. The zero-order valence-corrected chi connectivity index (χ0v) is 11.3. The predicted molar refractivity (Wildman–Crippen MR) is 70.3 cm³/mol. The van der Waals surface area contributed by atoms with Gasteiger partial charge in [-0.05, 0) is 39.4 Å².